The van der Waals surface area contributed by atoms with Crippen molar-refractivity contribution < 1.29 is 14.3 Å². The first-order chi connectivity index (χ1) is 15.7. The van der Waals surface area contributed by atoms with E-state index in [0.29, 0.717) is 31.2 Å². The van der Waals surface area contributed by atoms with E-state index in [1.165, 1.54) is 0 Å². The number of nitrogens with zero attached hydrogens (tertiary/aromatic N) is 5. The van der Waals surface area contributed by atoms with Crippen molar-refractivity contribution in [2.75, 3.05) is 26.8 Å². The Bertz CT molecular complexity index is 1180. The van der Waals surface area contributed by atoms with E-state index in [1.54, 1.807) is 23.9 Å². The molecule has 1 atom stereocenters. The Balaban J connectivity index is 1.15. The average molecular weight is 432 g/mol. The van der Waals surface area contributed by atoms with Gasteiger partial charge in [0.25, 0.3) is 5.91 Å². The molecule has 164 valence electrons. The SMILES string of the molecule is COc1ccc(OCCc2cc([C@H]3CCN(C(=O)c4cn5cccnc5n4)C3)n[nH]2)cc1. The zero-order valence-corrected chi connectivity index (χ0v) is 17.8. The smallest absolute Gasteiger partial charge is 0.274 e. The minimum atomic E-state index is -0.0679. The van der Waals surface area contributed by atoms with Gasteiger partial charge in [-0.3, -0.25) is 14.3 Å². The number of ether oxygens (including phenoxy) is 2. The Kier molecular flexibility index (Phi) is 5.45. The molecule has 1 fully saturated rings. The van der Waals surface area contributed by atoms with Gasteiger partial charge in [-0.05, 0) is 42.8 Å². The highest BCUT2D eigenvalue weighted by molar-refractivity contribution is 5.93. The topological polar surface area (TPSA) is 97.6 Å². The lowest BCUT2D eigenvalue weighted by Gasteiger charge is -2.14. The lowest BCUT2D eigenvalue weighted by Crippen LogP contribution is -2.28. The van der Waals surface area contributed by atoms with Crippen molar-refractivity contribution in [1.29, 1.82) is 0 Å². The number of carbonyl (C=O) groups excluding carboxylic acids is 1. The summed E-state index contributed by atoms with van der Waals surface area (Å²) in [5.41, 5.74) is 2.42. The number of H-pyrrole nitrogens is 1. The van der Waals surface area contributed by atoms with Crippen molar-refractivity contribution in [3.63, 3.8) is 0 Å². The fourth-order valence-electron chi connectivity index (χ4n) is 3.95. The van der Waals surface area contributed by atoms with Crippen molar-refractivity contribution in [2.45, 2.75) is 18.8 Å². The van der Waals surface area contributed by atoms with Gasteiger partial charge in [0.1, 0.15) is 17.2 Å². The molecule has 1 amide bonds. The largest absolute Gasteiger partial charge is 0.497 e. The molecule has 4 heterocycles. The Morgan fingerprint density at radius 1 is 1.25 bits per heavy atom. The van der Waals surface area contributed by atoms with Crippen LogP contribution in [0.3, 0.4) is 0 Å². The number of hydrogen-bond acceptors (Lipinski definition) is 6. The summed E-state index contributed by atoms with van der Waals surface area (Å²) in [4.78, 5) is 23.2. The summed E-state index contributed by atoms with van der Waals surface area (Å²) < 4.78 is 12.7. The number of imidazole rings is 1. The average Bonchev–Trinajstić information content (AvgIpc) is 3.58. The van der Waals surface area contributed by atoms with E-state index in [1.807, 2.05) is 41.4 Å². The summed E-state index contributed by atoms with van der Waals surface area (Å²) >= 11 is 0. The standard InChI is InChI=1S/C23H24N6O3/c1-31-18-3-5-19(6-4-18)32-12-8-17-13-20(27-26-17)16-7-11-28(14-16)22(30)21-15-29-10-2-9-24-23(29)25-21/h2-6,9-10,13,15-16H,7-8,11-12,14H2,1H3,(H,26,27)/t16-/m0/s1. The molecule has 0 unspecified atom stereocenters. The Labute approximate surface area is 185 Å². The number of aromatic nitrogens is 5. The predicted octanol–water partition coefficient (Wildman–Crippen LogP) is 2.71. The Morgan fingerprint density at radius 2 is 2.09 bits per heavy atom. The quantitative estimate of drug-likeness (QED) is 0.482. The summed E-state index contributed by atoms with van der Waals surface area (Å²) in [6.07, 6.45) is 6.84. The molecule has 4 aromatic rings. The van der Waals surface area contributed by atoms with Crippen LogP contribution < -0.4 is 9.47 Å². The van der Waals surface area contributed by atoms with Gasteiger partial charge < -0.3 is 14.4 Å². The molecule has 0 bridgehead atoms. The molecule has 9 heteroatoms. The highest BCUT2D eigenvalue weighted by Gasteiger charge is 2.30. The van der Waals surface area contributed by atoms with Gasteiger partial charge in [-0.25, -0.2) is 9.97 Å². The number of nitrogens with one attached hydrogen (secondary N) is 1. The van der Waals surface area contributed by atoms with Crippen LogP contribution in [0, 0.1) is 0 Å². The molecule has 0 spiro atoms. The molecular weight excluding hydrogens is 408 g/mol. The third-order valence-electron chi connectivity index (χ3n) is 5.70. The Hall–Kier alpha value is -3.88. The van der Waals surface area contributed by atoms with Gasteiger partial charge in [0, 0.05) is 49.7 Å². The summed E-state index contributed by atoms with van der Waals surface area (Å²) in [6.45, 7) is 1.87. The van der Waals surface area contributed by atoms with Crippen molar-refractivity contribution >= 4 is 11.7 Å². The Morgan fingerprint density at radius 3 is 2.91 bits per heavy atom. The maximum Gasteiger partial charge on any atom is 0.274 e. The fourth-order valence-corrected chi connectivity index (χ4v) is 3.95. The second kappa shape index (κ2) is 8.70. The van der Waals surface area contributed by atoms with Gasteiger partial charge >= 0.3 is 0 Å². The van der Waals surface area contributed by atoms with Gasteiger partial charge in [0.05, 0.1) is 19.4 Å². The number of fused-ring (bicyclic) bond motifs is 1. The number of aromatic amines is 1. The first-order valence-corrected chi connectivity index (χ1v) is 10.6. The summed E-state index contributed by atoms with van der Waals surface area (Å²) in [5.74, 6) is 2.28. The number of methoxy groups -OCH3 is 1. The number of hydrogen-bond donors (Lipinski definition) is 1. The molecule has 1 N–H and O–H groups in total. The molecule has 32 heavy (non-hydrogen) atoms. The van der Waals surface area contributed by atoms with Crippen molar-refractivity contribution in [3.8, 4) is 11.5 Å². The highest BCUT2D eigenvalue weighted by atomic mass is 16.5. The maximum absolute atomic E-state index is 12.9. The molecule has 1 aliphatic heterocycles. The summed E-state index contributed by atoms with van der Waals surface area (Å²) in [6, 6.07) is 11.4. The van der Waals surface area contributed by atoms with Crippen LogP contribution in [0.25, 0.3) is 5.78 Å². The van der Waals surface area contributed by atoms with Crippen LogP contribution in [-0.2, 0) is 6.42 Å². The molecule has 1 aliphatic rings. The van der Waals surface area contributed by atoms with E-state index in [4.69, 9.17) is 9.47 Å². The number of benzene rings is 1. The molecule has 1 aromatic carbocycles. The molecule has 1 saturated heterocycles. The maximum atomic E-state index is 12.9. The monoisotopic (exact) mass is 432 g/mol. The number of likely N-dealkylation sites (tertiary alicyclic amines) is 1. The molecule has 3 aromatic heterocycles. The lowest BCUT2D eigenvalue weighted by molar-refractivity contribution is 0.0785. The second-order valence-corrected chi connectivity index (χ2v) is 7.78. The summed E-state index contributed by atoms with van der Waals surface area (Å²) in [7, 11) is 1.64. The zero-order chi connectivity index (χ0) is 21.9. The van der Waals surface area contributed by atoms with Gasteiger partial charge in [-0.2, -0.15) is 5.10 Å². The number of rotatable bonds is 7. The normalized spacial score (nSPS) is 15.9. The van der Waals surface area contributed by atoms with E-state index in [2.05, 4.69) is 26.2 Å². The van der Waals surface area contributed by atoms with Crippen molar-refractivity contribution in [1.82, 2.24) is 29.5 Å². The van der Waals surface area contributed by atoms with Crippen LogP contribution >= 0.6 is 0 Å². The van der Waals surface area contributed by atoms with Crippen molar-refractivity contribution in [3.05, 3.63) is 72.1 Å². The second-order valence-electron chi connectivity index (χ2n) is 7.78. The molecule has 0 aliphatic carbocycles. The van der Waals surface area contributed by atoms with Crippen LogP contribution in [0.1, 0.15) is 34.2 Å². The van der Waals surface area contributed by atoms with Gasteiger partial charge in [0.15, 0.2) is 0 Å². The predicted molar refractivity (Wildman–Crippen MR) is 117 cm³/mol. The third kappa shape index (κ3) is 4.14. The summed E-state index contributed by atoms with van der Waals surface area (Å²) in [5, 5.41) is 7.59. The van der Waals surface area contributed by atoms with E-state index >= 15 is 0 Å². The fraction of sp³-hybridized carbons (Fsp3) is 0.304. The van der Waals surface area contributed by atoms with E-state index in [-0.39, 0.29) is 11.8 Å². The van der Waals surface area contributed by atoms with Crippen LogP contribution in [0.4, 0.5) is 0 Å². The van der Waals surface area contributed by atoms with E-state index in [0.717, 1.165) is 35.7 Å². The van der Waals surface area contributed by atoms with E-state index < -0.39 is 0 Å². The van der Waals surface area contributed by atoms with Crippen LogP contribution in [0.2, 0.25) is 0 Å². The molecule has 0 saturated carbocycles. The van der Waals surface area contributed by atoms with Crippen molar-refractivity contribution in [2.24, 2.45) is 0 Å². The highest BCUT2D eigenvalue weighted by Crippen LogP contribution is 2.27. The number of carbonyl (C=O) groups is 1. The third-order valence-corrected chi connectivity index (χ3v) is 5.70. The number of amides is 1. The minimum absolute atomic E-state index is 0.0679. The first kappa shape index (κ1) is 20.0. The van der Waals surface area contributed by atoms with Crippen LogP contribution in [-0.4, -0.2) is 62.2 Å². The van der Waals surface area contributed by atoms with Gasteiger partial charge in [-0.1, -0.05) is 0 Å². The van der Waals surface area contributed by atoms with Gasteiger partial charge in [-0.15, -0.1) is 0 Å². The van der Waals surface area contributed by atoms with E-state index in [9.17, 15) is 4.79 Å². The van der Waals surface area contributed by atoms with Crippen LogP contribution in [0.15, 0.2) is 55.0 Å². The molecule has 0 radical (unpaired) electrons. The lowest BCUT2D eigenvalue weighted by atomic mass is 10.0. The van der Waals surface area contributed by atoms with Gasteiger partial charge in [0.2, 0.25) is 5.78 Å². The molecular formula is C23H24N6O3. The molecule has 5 rings (SSSR count). The molecule has 9 nitrogen and oxygen atoms in total. The zero-order valence-electron chi connectivity index (χ0n) is 17.8. The minimum Gasteiger partial charge on any atom is -0.497 e. The first-order valence-electron chi connectivity index (χ1n) is 10.6. The van der Waals surface area contributed by atoms with Crippen LogP contribution in [0.5, 0.6) is 11.5 Å².